The second kappa shape index (κ2) is 6.17. The Morgan fingerprint density at radius 1 is 1.33 bits per heavy atom. The standard InChI is InChI=1S/C9H18OS2/c1-3-10-8-5-6-9(7-8)12-11-4-2/h8-9H,3-7H2,1-2H3. The molecule has 0 aliphatic heterocycles. The minimum Gasteiger partial charge on any atom is -0.378 e. The Kier molecular flexibility index (Phi) is 5.52. The molecule has 1 aliphatic carbocycles. The Balaban J connectivity index is 2.08. The van der Waals surface area contributed by atoms with Crippen molar-refractivity contribution in [3.05, 3.63) is 0 Å². The molecule has 1 nitrogen and oxygen atoms in total. The van der Waals surface area contributed by atoms with E-state index in [2.05, 4.69) is 24.6 Å². The van der Waals surface area contributed by atoms with Crippen LogP contribution in [-0.4, -0.2) is 23.7 Å². The van der Waals surface area contributed by atoms with Gasteiger partial charge in [0.15, 0.2) is 0 Å². The summed E-state index contributed by atoms with van der Waals surface area (Å²) in [6.07, 6.45) is 4.45. The van der Waals surface area contributed by atoms with Crippen LogP contribution in [0.15, 0.2) is 0 Å². The van der Waals surface area contributed by atoms with Crippen molar-refractivity contribution in [2.75, 3.05) is 12.4 Å². The summed E-state index contributed by atoms with van der Waals surface area (Å²) in [5, 5.41) is 0.853. The highest BCUT2D eigenvalue weighted by Gasteiger charge is 2.24. The van der Waals surface area contributed by atoms with Gasteiger partial charge in [-0.2, -0.15) is 0 Å². The largest absolute Gasteiger partial charge is 0.378 e. The first kappa shape index (κ1) is 10.7. The van der Waals surface area contributed by atoms with Gasteiger partial charge < -0.3 is 4.74 Å². The monoisotopic (exact) mass is 206 g/mol. The molecule has 0 N–H and O–H groups in total. The second-order valence-corrected chi connectivity index (χ2v) is 5.97. The quantitative estimate of drug-likeness (QED) is 0.638. The van der Waals surface area contributed by atoms with Crippen molar-refractivity contribution in [2.45, 2.75) is 44.5 Å². The van der Waals surface area contributed by atoms with Gasteiger partial charge in [-0.1, -0.05) is 28.5 Å². The van der Waals surface area contributed by atoms with E-state index in [4.69, 9.17) is 4.74 Å². The molecule has 0 heterocycles. The predicted octanol–water partition coefficient (Wildman–Crippen LogP) is 3.35. The van der Waals surface area contributed by atoms with E-state index in [-0.39, 0.29) is 0 Å². The third-order valence-electron chi connectivity index (χ3n) is 2.06. The Morgan fingerprint density at radius 2 is 2.17 bits per heavy atom. The van der Waals surface area contributed by atoms with Crippen molar-refractivity contribution in [1.29, 1.82) is 0 Å². The maximum atomic E-state index is 5.59. The Hall–Kier alpha value is 0.660. The van der Waals surface area contributed by atoms with Gasteiger partial charge in [-0.05, 0) is 26.2 Å². The van der Waals surface area contributed by atoms with Crippen molar-refractivity contribution >= 4 is 21.6 Å². The molecule has 0 spiro atoms. The molecule has 0 radical (unpaired) electrons. The third kappa shape index (κ3) is 3.58. The average Bonchev–Trinajstić information content (AvgIpc) is 2.50. The molecular weight excluding hydrogens is 188 g/mol. The van der Waals surface area contributed by atoms with Crippen LogP contribution in [0.2, 0.25) is 0 Å². The van der Waals surface area contributed by atoms with Crippen LogP contribution in [0.3, 0.4) is 0 Å². The van der Waals surface area contributed by atoms with Crippen LogP contribution in [0.5, 0.6) is 0 Å². The molecule has 0 bridgehead atoms. The van der Waals surface area contributed by atoms with Crippen LogP contribution < -0.4 is 0 Å². The summed E-state index contributed by atoms with van der Waals surface area (Å²) in [5.74, 6) is 1.22. The van der Waals surface area contributed by atoms with Crippen molar-refractivity contribution in [3.8, 4) is 0 Å². The zero-order valence-electron chi connectivity index (χ0n) is 7.91. The lowest BCUT2D eigenvalue weighted by molar-refractivity contribution is 0.0688. The molecular formula is C9H18OS2. The highest BCUT2D eigenvalue weighted by molar-refractivity contribution is 8.76. The Labute approximate surface area is 83.4 Å². The Morgan fingerprint density at radius 3 is 2.83 bits per heavy atom. The number of hydrogen-bond donors (Lipinski definition) is 0. The highest BCUT2D eigenvalue weighted by atomic mass is 33.1. The molecule has 1 saturated carbocycles. The summed E-state index contributed by atoms with van der Waals surface area (Å²) >= 11 is 0. The van der Waals surface area contributed by atoms with E-state index in [0.717, 1.165) is 11.9 Å². The normalized spacial score (nSPS) is 29.5. The topological polar surface area (TPSA) is 9.23 Å². The summed E-state index contributed by atoms with van der Waals surface area (Å²) in [6, 6.07) is 0. The second-order valence-electron chi connectivity index (χ2n) is 3.02. The average molecular weight is 206 g/mol. The van der Waals surface area contributed by atoms with Gasteiger partial charge in [-0.25, -0.2) is 0 Å². The lowest BCUT2D eigenvalue weighted by Crippen LogP contribution is -2.08. The SMILES string of the molecule is CCOC1CCC(SSCC)C1. The minimum absolute atomic E-state index is 0.560. The lowest BCUT2D eigenvalue weighted by Gasteiger charge is -2.09. The van der Waals surface area contributed by atoms with Crippen LogP contribution in [0.4, 0.5) is 0 Å². The first-order valence-corrected chi connectivity index (χ1v) is 7.14. The van der Waals surface area contributed by atoms with Crippen LogP contribution in [0, 0.1) is 0 Å². The lowest BCUT2D eigenvalue weighted by atomic mass is 10.3. The van der Waals surface area contributed by atoms with Gasteiger partial charge in [0.1, 0.15) is 0 Å². The fourth-order valence-corrected chi connectivity index (χ4v) is 3.90. The fraction of sp³-hybridized carbons (Fsp3) is 1.00. The van der Waals surface area contributed by atoms with E-state index in [1.165, 1.54) is 25.0 Å². The smallest absolute Gasteiger partial charge is 0.0586 e. The van der Waals surface area contributed by atoms with E-state index in [9.17, 15) is 0 Å². The van der Waals surface area contributed by atoms with Crippen molar-refractivity contribution < 1.29 is 4.74 Å². The molecule has 1 fully saturated rings. The molecule has 0 aromatic carbocycles. The molecule has 1 aliphatic rings. The van der Waals surface area contributed by atoms with Crippen LogP contribution in [0.25, 0.3) is 0 Å². The first-order chi connectivity index (χ1) is 5.86. The zero-order valence-corrected chi connectivity index (χ0v) is 9.55. The molecule has 0 saturated heterocycles. The summed E-state index contributed by atoms with van der Waals surface area (Å²) in [4.78, 5) is 0. The van der Waals surface area contributed by atoms with Crippen LogP contribution in [-0.2, 0) is 4.74 Å². The number of ether oxygens (including phenoxy) is 1. The molecule has 2 unspecified atom stereocenters. The van der Waals surface area contributed by atoms with Crippen LogP contribution >= 0.6 is 21.6 Å². The molecule has 0 aromatic heterocycles. The van der Waals surface area contributed by atoms with E-state index in [1.54, 1.807) is 0 Å². The number of rotatable bonds is 5. The van der Waals surface area contributed by atoms with Crippen molar-refractivity contribution in [3.63, 3.8) is 0 Å². The summed E-state index contributed by atoms with van der Waals surface area (Å²) in [7, 11) is 4.04. The van der Waals surface area contributed by atoms with Crippen molar-refractivity contribution in [1.82, 2.24) is 0 Å². The van der Waals surface area contributed by atoms with E-state index < -0.39 is 0 Å². The van der Waals surface area contributed by atoms with Gasteiger partial charge in [-0.3, -0.25) is 0 Å². The van der Waals surface area contributed by atoms with Gasteiger partial charge in [0, 0.05) is 17.6 Å². The summed E-state index contributed by atoms with van der Waals surface area (Å²) in [6.45, 7) is 5.18. The molecule has 2 atom stereocenters. The highest BCUT2D eigenvalue weighted by Crippen LogP contribution is 2.37. The first-order valence-electron chi connectivity index (χ1n) is 4.76. The molecule has 0 aromatic rings. The van der Waals surface area contributed by atoms with E-state index >= 15 is 0 Å². The molecule has 3 heteroatoms. The number of hydrogen-bond acceptors (Lipinski definition) is 3. The molecule has 0 amide bonds. The zero-order chi connectivity index (χ0) is 8.81. The minimum atomic E-state index is 0.560. The van der Waals surface area contributed by atoms with Crippen molar-refractivity contribution in [2.24, 2.45) is 0 Å². The van der Waals surface area contributed by atoms with Gasteiger partial charge in [0.25, 0.3) is 0 Å². The Bertz CT molecular complexity index is 119. The summed E-state index contributed by atoms with van der Waals surface area (Å²) < 4.78 is 5.59. The molecule has 1 rings (SSSR count). The van der Waals surface area contributed by atoms with Gasteiger partial charge in [0.05, 0.1) is 6.10 Å². The maximum Gasteiger partial charge on any atom is 0.0586 e. The van der Waals surface area contributed by atoms with Gasteiger partial charge in [0.2, 0.25) is 0 Å². The van der Waals surface area contributed by atoms with Gasteiger partial charge in [-0.15, -0.1) is 0 Å². The summed E-state index contributed by atoms with van der Waals surface area (Å²) in [5.41, 5.74) is 0. The molecule has 72 valence electrons. The maximum absolute atomic E-state index is 5.59. The third-order valence-corrected chi connectivity index (χ3v) is 5.06. The fourth-order valence-electron chi connectivity index (χ4n) is 1.54. The van der Waals surface area contributed by atoms with E-state index in [1.807, 2.05) is 10.8 Å². The van der Waals surface area contributed by atoms with Crippen LogP contribution in [0.1, 0.15) is 33.1 Å². The molecule has 12 heavy (non-hydrogen) atoms. The van der Waals surface area contributed by atoms with Gasteiger partial charge >= 0.3 is 0 Å². The predicted molar refractivity (Wildman–Crippen MR) is 58.8 cm³/mol. The van der Waals surface area contributed by atoms with E-state index in [0.29, 0.717) is 6.10 Å².